The third kappa shape index (κ3) is 3.54. The Labute approximate surface area is 176 Å². The second-order valence-corrected chi connectivity index (χ2v) is 7.69. The fourth-order valence-corrected chi connectivity index (χ4v) is 4.00. The number of aromatic nitrogens is 2. The third-order valence-electron chi connectivity index (χ3n) is 5.43. The SMILES string of the molecule is CCn1c(-c2ccc3c(c2)OCCO3)cc(=Nc2c(C)cc(C)cc2C)n(C)c1=O. The molecule has 156 valence electrons. The molecule has 0 fully saturated rings. The van der Waals surface area contributed by atoms with Crippen LogP contribution in [0.5, 0.6) is 11.5 Å². The van der Waals surface area contributed by atoms with Crippen molar-refractivity contribution < 1.29 is 9.47 Å². The second-order valence-electron chi connectivity index (χ2n) is 7.69. The Morgan fingerprint density at radius 3 is 2.30 bits per heavy atom. The first-order chi connectivity index (χ1) is 14.4. The highest BCUT2D eigenvalue weighted by atomic mass is 16.6. The van der Waals surface area contributed by atoms with E-state index in [0.717, 1.165) is 33.8 Å². The minimum absolute atomic E-state index is 0.106. The van der Waals surface area contributed by atoms with Gasteiger partial charge in [0.1, 0.15) is 18.7 Å². The van der Waals surface area contributed by atoms with Gasteiger partial charge >= 0.3 is 5.69 Å². The van der Waals surface area contributed by atoms with E-state index in [2.05, 4.69) is 19.1 Å². The Hall–Kier alpha value is -3.28. The van der Waals surface area contributed by atoms with Crippen molar-refractivity contribution in [3.05, 3.63) is 69.1 Å². The Balaban J connectivity index is 1.95. The molecule has 0 atom stereocenters. The van der Waals surface area contributed by atoms with Crippen LogP contribution in [-0.4, -0.2) is 22.3 Å². The smallest absolute Gasteiger partial charge is 0.329 e. The topological polar surface area (TPSA) is 57.8 Å². The van der Waals surface area contributed by atoms with Gasteiger partial charge < -0.3 is 9.47 Å². The first-order valence-corrected chi connectivity index (χ1v) is 10.2. The van der Waals surface area contributed by atoms with Crippen LogP contribution in [0.3, 0.4) is 0 Å². The van der Waals surface area contributed by atoms with E-state index in [1.807, 2.05) is 45.0 Å². The zero-order valence-corrected chi connectivity index (χ0v) is 18.2. The van der Waals surface area contributed by atoms with E-state index in [4.69, 9.17) is 14.5 Å². The van der Waals surface area contributed by atoms with Gasteiger partial charge in [-0.25, -0.2) is 9.79 Å². The molecule has 0 amide bonds. The summed E-state index contributed by atoms with van der Waals surface area (Å²) in [5, 5.41) is 0. The molecule has 1 aliphatic rings. The van der Waals surface area contributed by atoms with Crippen molar-refractivity contribution in [2.45, 2.75) is 34.2 Å². The average Bonchev–Trinajstić information content (AvgIpc) is 2.73. The first-order valence-electron chi connectivity index (χ1n) is 10.2. The van der Waals surface area contributed by atoms with Crippen molar-refractivity contribution >= 4 is 5.69 Å². The molecule has 2 heterocycles. The molecule has 0 spiro atoms. The van der Waals surface area contributed by atoms with Crippen LogP contribution in [0.4, 0.5) is 5.69 Å². The summed E-state index contributed by atoms with van der Waals surface area (Å²) in [6, 6.07) is 12.0. The molecule has 6 nitrogen and oxygen atoms in total. The Bertz CT molecular complexity index is 1230. The summed E-state index contributed by atoms with van der Waals surface area (Å²) in [4.78, 5) is 18.0. The molecular formula is C24H27N3O3. The van der Waals surface area contributed by atoms with Gasteiger partial charge in [-0.1, -0.05) is 17.7 Å². The molecule has 2 aromatic carbocycles. The zero-order chi connectivity index (χ0) is 21.4. The molecule has 30 heavy (non-hydrogen) atoms. The van der Waals surface area contributed by atoms with Crippen LogP contribution in [0.2, 0.25) is 0 Å². The third-order valence-corrected chi connectivity index (χ3v) is 5.43. The fourth-order valence-electron chi connectivity index (χ4n) is 4.00. The predicted molar refractivity (Wildman–Crippen MR) is 118 cm³/mol. The lowest BCUT2D eigenvalue weighted by Crippen LogP contribution is -2.38. The molecule has 0 saturated carbocycles. The summed E-state index contributed by atoms with van der Waals surface area (Å²) in [6.07, 6.45) is 0. The fraction of sp³-hybridized carbons (Fsp3) is 0.333. The molecule has 0 unspecified atom stereocenters. The van der Waals surface area contributed by atoms with Crippen LogP contribution >= 0.6 is 0 Å². The van der Waals surface area contributed by atoms with E-state index in [0.29, 0.717) is 31.0 Å². The van der Waals surface area contributed by atoms with Crippen molar-refractivity contribution in [1.29, 1.82) is 0 Å². The zero-order valence-electron chi connectivity index (χ0n) is 18.2. The Kier molecular flexibility index (Phi) is 5.24. The van der Waals surface area contributed by atoms with Crippen LogP contribution in [0.15, 0.2) is 46.2 Å². The molecule has 0 bridgehead atoms. The molecular weight excluding hydrogens is 378 g/mol. The largest absolute Gasteiger partial charge is 0.486 e. The number of hydrogen-bond acceptors (Lipinski definition) is 4. The summed E-state index contributed by atoms with van der Waals surface area (Å²) in [6.45, 7) is 9.76. The highest BCUT2D eigenvalue weighted by Gasteiger charge is 2.15. The quantitative estimate of drug-likeness (QED) is 0.666. The number of benzene rings is 2. The number of fused-ring (bicyclic) bond motifs is 1. The summed E-state index contributed by atoms with van der Waals surface area (Å²) in [5.41, 5.74) is 6.49. The highest BCUT2D eigenvalue weighted by Crippen LogP contribution is 2.34. The van der Waals surface area contributed by atoms with Gasteiger partial charge in [0.25, 0.3) is 0 Å². The maximum atomic E-state index is 13.1. The predicted octanol–water partition coefficient (Wildman–Crippen LogP) is 3.80. The molecule has 0 radical (unpaired) electrons. The lowest BCUT2D eigenvalue weighted by Gasteiger charge is -2.20. The van der Waals surface area contributed by atoms with Crippen LogP contribution in [0, 0.1) is 20.8 Å². The van der Waals surface area contributed by atoms with E-state index in [1.54, 1.807) is 16.2 Å². The Morgan fingerprint density at radius 2 is 1.63 bits per heavy atom. The highest BCUT2D eigenvalue weighted by molar-refractivity contribution is 5.64. The van der Waals surface area contributed by atoms with Crippen molar-refractivity contribution in [1.82, 2.24) is 9.13 Å². The van der Waals surface area contributed by atoms with Crippen LogP contribution in [0.25, 0.3) is 11.3 Å². The molecule has 6 heteroatoms. The second kappa shape index (κ2) is 7.86. The minimum Gasteiger partial charge on any atom is -0.486 e. The standard InChI is InChI=1S/C24H27N3O3/c1-6-27-19(18-7-8-20-21(13-18)30-10-9-29-20)14-22(26(5)24(27)28)25-23-16(3)11-15(2)12-17(23)4/h7-8,11-14H,6,9-10H2,1-5H3. The average molecular weight is 405 g/mol. The number of nitrogens with zero attached hydrogens (tertiary/aromatic N) is 3. The molecule has 3 aromatic rings. The minimum atomic E-state index is -0.106. The van der Waals surface area contributed by atoms with Gasteiger partial charge in [0.05, 0.1) is 11.4 Å². The van der Waals surface area contributed by atoms with Crippen molar-refractivity contribution in [2.75, 3.05) is 13.2 Å². The monoisotopic (exact) mass is 405 g/mol. The lowest BCUT2D eigenvalue weighted by atomic mass is 10.1. The van der Waals surface area contributed by atoms with Gasteiger partial charge in [-0.05, 0) is 57.0 Å². The molecule has 1 aromatic heterocycles. The molecule has 0 aliphatic carbocycles. The lowest BCUT2D eigenvalue weighted by molar-refractivity contribution is 0.171. The van der Waals surface area contributed by atoms with E-state index < -0.39 is 0 Å². The Morgan fingerprint density at radius 1 is 0.967 bits per heavy atom. The van der Waals surface area contributed by atoms with Gasteiger partial charge in [-0.3, -0.25) is 9.13 Å². The molecule has 4 rings (SSSR count). The maximum Gasteiger partial charge on any atom is 0.329 e. The van der Waals surface area contributed by atoms with Gasteiger partial charge in [-0.2, -0.15) is 0 Å². The van der Waals surface area contributed by atoms with E-state index in [-0.39, 0.29) is 5.69 Å². The molecule has 0 saturated heterocycles. The van der Waals surface area contributed by atoms with Crippen molar-refractivity contribution in [3.63, 3.8) is 0 Å². The normalized spacial score (nSPS) is 13.6. The number of hydrogen-bond donors (Lipinski definition) is 0. The summed E-state index contributed by atoms with van der Waals surface area (Å²) in [7, 11) is 1.76. The van der Waals surface area contributed by atoms with Gasteiger partial charge in [0.15, 0.2) is 11.5 Å². The van der Waals surface area contributed by atoms with Crippen LogP contribution in [0.1, 0.15) is 23.6 Å². The first kappa shape index (κ1) is 20.0. The van der Waals surface area contributed by atoms with E-state index >= 15 is 0 Å². The summed E-state index contributed by atoms with van der Waals surface area (Å²) < 4.78 is 14.7. The van der Waals surface area contributed by atoms with E-state index in [9.17, 15) is 4.79 Å². The summed E-state index contributed by atoms with van der Waals surface area (Å²) in [5.74, 6) is 1.43. The van der Waals surface area contributed by atoms with Gasteiger partial charge in [0, 0.05) is 25.2 Å². The van der Waals surface area contributed by atoms with Crippen molar-refractivity contribution in [2.24, 2.45) is 12.0 Å². The van der Waals surface area contributed by atoms with Crippen molar-refractivity contribution in [3.8, 4) is 22.8 Å². The van der Waals surface area contributed by atoms with Gasteiger partial charge in [-0.15, -0.1) is 0 Å². The molecule has 0 N–H and O–H groups in total. The van der Waals surface area contributed by atoms with Crippen LogP contribution in [-0.2, 0) is 13.6 Å². The van der Waals surface area contributed by atoms with Gasteiger partial charge in [0.2, 0.25) is 0 Å². The number of aryl methyl sites for hydroxylation is 3. The summed E-state index contributed by atoms with van der Waals surface area (Å²) >= 11 is 0. The maximum absolute atomic E-state index is 13.1. The van der Waals surface area contributed by atoms with E-state index in [1.165, 1.54) is 5.56 Å². The van der Waals surface area contributed by atoms with Crippen LogP contribution < -0.4 is 20.7 Å². The molecule has 1 aliphatic heterocycles. The number of rotatable bonds is 3. The number of ether oxygens (including phenoxy) is 2.